The highest BCUT2D eigenvalue weighted by Crippen LogP contribution is 2.34. The molecule has 27 heavy (non-hydrogen) atoms. The van der Waals surface area contributed by atoms with Gasteiger partial charge < -0.3 is 0 Å². The Morgan fingerprint density at radius 2 is 1.56 bits per heavy atom. The molecule has 4 aromatic rings. The summed E-state index contributed by atoms with van der Waals surface area (Å²) >= 11 is 0. The topological polar surface area (TPSA) is 30.2 Å². The van der Waals surface area contributed by atoms with Gasteiger partial charge in [-0.05, 0) is 24.1 Å². The zero-order chi connectivity index (χ0) is 19.0. The van der Waals surface area contributed by atoms with Gasteiger partial charge in [0.2, 0.25) is 0 Å². The molecule has 0 amide bonds. The van der Waals surface area contributed by atoms with Gasteiger partial charge in [-0.2, -0.15) is 18.3 Å². The van der Waals surface area contributed by atoms with Crippen LogP contribution in [0, 0.1) is 6.92 Å². The summed E-state index contributed by atoms with van der Waals surface area (Å²) in [7, 11) is 0. The molecule has 0 saturated heterocycles. The van der Waals surface area contributed by atoms with E-state index >= 15 is 0 Å². The van der Waals surface area contributed by atoms with Crippen molar-refractivity contribution in [1.82, 2.24) is 14.6 Å². The molecule has 0 unspecified atom stereocenters. The SMILES string of the molecule is Cc1cc(C(F)(F)F)n2nc(Cc3ccccc3)c(-c3ccccc3)c2n1. The summed E-state index contributed by atoms with van der Waals surface area (Å²) in [5.41, 5.74) is 2.68. The fourth-order valence-electron chi connectivity index (χ4n) is 3.20. The van der Waals surface area contributed by atoms with Gasteiger partial charge in [0.15, 0.2) is 5.65 Å². The average molecular weight is 367 g/mol. The first-order valence-corrected chi connectivity index (χ1v) is 8.49. The maximum atomic E-state index is 13.6. The Balaban J connectivity index is 2.01. The number of halogens is 3. The zero-order valence-electron chi connectivity index (χ0n) is 14.5. The second kappa shape index (κ2) is 6.54. The maximum absolute atomic E-state index is 13.6. The van der Waals surface area contributed by atoms with E-state index in [4.69, 9.17) is 0 Å². The predicted octanol–water partition coefficient (Wildman–Crippen LogP) is 5.31. The van der Waals surface area contributed by atoms with Crippen molar-refractivity contribution in [3.8, 4) is 11.1 Å². The van der Waals surface area contributed by atoms with Crippen molar-refractivity contribution in [2.24, 2.45) is 0 Å². The van der Waals surface area contributed by atoms with Gasteiger partial charge in [-0.25, -0.2) is 9.50 Å². The van der Waals surface area contributed by atoms with Gasteiger partial charge in [-0.1, -0.05) is 60.7 Å². The number of nitrogens with zero attached hydrogens (tertiary/aromatic N) is 3. The van der Waals surface area contributed by atoms with Crippen molar-refractivity contribution in [1.29, 1.82) is 0 Å². The van der Waals surface area contributed by atoms with E-state index in [1.54, 1.807) is 6.92 Å². The predicted molar refractivity (Wildman–Crippen MR) is 97.4 cm³/mol. The number of benzene rings is 2. The molecule has 0 fully saturated rings. The molecule has 6 heteroatoms. The zero-order valence-corrected chi connectivity index (χ0v) is 14.5. The molecule has 0 saturated carbocycles. The fraction of sp³-hybridized carbons (Fsp3) is 0.143. The van der Waals surface area contributed by atoms with E-state index in [1.807, 2.05) is 60.7 Å². The first kappa shape index (κ1) is 17.3. The van der Waals surface area contributed by atoms with Crippen molar-refractivity contribution in [2.45, 2.75) is 19.5 Å². The van der Waals surface area contributed by atoms with E-state index < -0.39 is 11.9 Å². The van der Waals surface area contributed by atoms with Crippen LogP contribution in [0.25, 0.3) is 16.8 Å². The summed E-state index contributed by atoms with van der Waals surface area (Å²) in [5, 5.41) is 4.33. The maximum Gasteiger partial charge on any atom is 0.433 e. The summed E-state index contributed by atoms with van der Waals surface area (Å²) in [4.78, 5) is 4.39. The normalized spacial score (nSPS) is 11.9. The third kappa shape index (κ3) is 3.30. The van der Waals surface area contributed by atoms with Crippen LogP contribution in [0.2, 0.25) is 0 Å². The van der Waals surface area contributed by atoms with Crippen LogP contribution in [0.3, 0.4) is 0 Å². The molecule has 0 aliphatic heterocycles. The van der Waals surface area contributed by atoms with Crippen molar-refractivity contribution < 1.29 is 13.2 Å². The molecule has 0 radical (unpaired) electrons. The molecule has 2 aromatic heterocycles. The Morgan fingerprint density at radius 3 is 2.19 bits per heavy atom. The highest BCUT2D eigenvalue weighted by Gasteiger charge is 2.35. The number of aromatic nitrogens is 3. The quantitative estimate of drug-likeness (QED) is 0.491. The largest absolute Gasteiger partial charge is 0.433 e. The van der Waals surface area contributed by atoms with Crippen LogP contribution < -0.4 is 0 Å². The lowest BCUT2D eigenvalue weighted by molar-refractivity contribution is -0.142. The average Bonchev–Trinajstić information content (AvgIpc) is 2.99. The van der Waals surface area contributed by atoms with Crippen LogP contribution in [-0.4, -0.2) is 14.6 Å². The molecular formula is C21H16F3N3. The van der Waals surface area contributed by atoms with Gasteiger partial charge >= 0.3 is 6.18 Å². The molecule has 2 aromatic carbocycles. The molecule has 0 aliphatic rings. The fourth-order valence-corrected chi connectivity index (χ4v) is 3.20. The molecule has 0 N–H and O–H groups in total. The Morgan fingerprint density at radius 1 is 0.926 bits per heavy atom. The molecule has 136 valence electrons. The molecule has 0 atom stereocenters. The van der Waals surface area contributed by atoms with E-state index in [-0.39, 0.29) is 5.65 Å². The van der Waals surface area contributed by atoms with Crippen LogP contribution in [0.15, 0.2) is 66.7 Å². The lowest BCUT2D eigenvalue weighted by atomic mass is 10.0. The lowest BCUT2D eigenvalue weighted by Gasteiger charge is -2.09. The standard InChI is InChI=1S/C21H16F3N3/c1-14-12-18(21(22,23)24)27-20(25-14)19(16-10-6-3-7-11-16)17(26-27)13-15-8-4-2-5-9-15/h2-12H,13H2,1H3. The van der Waals surface area contributed by atoms with Gasteiger partial charge in [-0.15, -0.1) is 0 Å². The number of hydrogen-bond acceptors (Lipinski definition) is 2. The number of hydrogen-bond donors (Lipinski definition) is 0. The second-order valence-corrected chi connectivity index (χ2v) is 6.37. The summed E-state index contributed by atoms with van der Waals surface area (Å²) in [6, 6.07) is 19.9. The molecule has 0 bridgehead atoms. The molecular weight excluding hydrogens is 351 g/mol. The highest BCUT2D eigenvalue weighted by molar-refractivity contribution is 5.80. The van der Waals surface area contributed by atoms with Gasteiger partial charge in [0.25, 0.3) is 0 Å². The van der Waals surface area contributed by atoms with Crippen LogP contribution >= 0.6 is 0 Å². The molecule has 3 nitrogen and oxygen atoms in total. The van der Waals surface area contributed by atoms with Crippen molar-refractivity contribution in [2.75, 3.05) is 0 Å². The van der Waals surface area contributed by atoms with Crippen LogP contribution in [-0.2, 0) is 12.6 Å². The van der Waals surface area contributed by atoms with Crippen LogP contribution in [0.1, 0.15) is 22.6 Å². The number of alkyl halides is 3. The minimum absolute atomic E-state index is 0.222. The second-order valence-electron chi connectivity index (χ2n) is 6.37. The molecule has 0 spiro atoms. The summed E-state index contributed by atoms with van der Waals surface area (Å²) in [6.07, 6.45) is -4.10. The minimum atomic E-state index is -4.52. The third-order valence-electron chi connectivity index (χ3n) is 4.36. The number of rotatable bonds is 3. The van der Waals surface area contributed by atoms with E-state index in [0.29, 0.717) is 23.4 Å². The minimum Gasteiger partial charge on any atom is -0.233 e. The van der Waals surface area contributed by atoms with Crippen molar-refractivity contribution in [3.63, 3.8) is 0 Å². The summed E-state index contributed by atoms with van der Waals surface area (Å²) < 4.78 is 41.7. The third-order valence-corrected chi connectivity index (χ3v) is 4.36. The number of fused-ring (bicyclic) bond motifs is 1. The summed E-state index contributed by atoms with van der Waals surface area (Å²) in [6.45, 7) is 1.56. The molecule has 0 aliphatic carbocycles. The smallest absolute Gasteiger partial charge is 0.233 e. The van der Waals surface area contributed by atoms with Crippen LogP contribution in [0.5, 0.6) is 0 Å². The van der Waals surface area contributed by atoms with E-state index in [9.17, 15) is 13.2 Å². The lowest BCUT2D eigenvalue weighted by Crippen LogP contribution is -2.14. The number of aryl methyl sites for hydroxylation is 1. The van der Waals surface area contributed by atoms with Crippen molar-refractivity contribution >= 4 is 5.65 Å². The Bertz CT molecular complexity index is 1080. The molecule has 4 rings (SSSR count). The van der Waals surface area contributed by atoms with Gasteiger partial charge in [0.05, 0.1) is 11.3 Å². The first-order valence-electron chi connectivity index (χ1n) is 8.49. The molecule has 2 heterocycles. The van der Waals surface area contributed by atoms with Gasteiger partial charge in [-0.3, -0.25) is 0 Å². The highest BCUT2D eigenvalue weighted by atomic mass is 19.4. The van der Waals surface area contributed by atoms with Gasteiger partial charge in [0.1, 0.15) is 5.69 Å². The summed E-state index contributed by atoms with van der Waals surface area (Å²) in [5.74, 6) is 0. The van der Waals surface area contributed by atoms with Crippen LogP contribution in [0.4, 0.5) is 13.2 Å². The Labute approximate surface area is 154 Å². The van der Waals surface area contributed by atoms with E-state index in [1.165, 1.54) is 0 Å². The van der Waals surface area contributed by atoms with E-state index in [0.717, 1.165) is 21.7 Å². The Hall–Kier alpha value is -3.15. The Kier molecular flexibility index (Phi) is 4.18. The van der Waals surface area contributed by atoms with Crippen molar-refractivity contribution in [3.05, 3.63) is 89.4 Å². The van der Waals surface area contributed by atoms with Gasteiger partial charge in [0, 0.05) is 12.1 Å². The first-order chi connectivity index (χ1) is 12.9. The van der Waals surface area contributed by atoms with E-state index in [2.05, 4.69) is 10.1 Å². The monoisotopic (exact) mass is 367 g/mol.